The Kier molecular flexibility index (Phi) is 2.55. The van der Waals surface area contributed by atoms with Crippen molar-refractivity contribution in [2.75, 3.05) is 5.73 Å². The highest BCUT2D eigenvalue weighted by atomic mass is 32.1. The van der Waals surface area contributed by atoms with Gasteiger partial charge in [0.05, 0.1) is 11.4 Å². The Morgan fingerprint density at radius 1 is 1.47 bits per heavy atom. The molecule has 0 aliphatic heterocycles. The molecule has 1 aromatic carbocycles. The number of thiazole rings is 1. The van der Waals surface area contributed by atoms with Crippen molar-refractivity contribution in [2.24, 2.45) is 0 Å². The number of anilines is 1. The number of nitrogen functional groups attached to an aromatic ring is 1. The van der Waals surface area contributed by atoms with Gasteiger partial charge in [0.2, 0.25) is 0 Å². The van der Waals surface area contributed by atoms with E-state index in [1.54, 1.807) is 6.07 Å². The van der Waals surface area contributed by atoms with Crippen LogP contribution in [0.2, 0.25) is 0 Å². The maximum atomic E-state index is 13.3. The van der Waals surface area contributed by atoms with Gasteiger partial charge in [-0.05, 0) is 19.1 Å². The predicted octanol–water partition coefficient (Wildman–Crippen LogP) is 2.97. The van der Waals surface area contributed by atoms with Crippen molar-refractivity contribution in [1.29, 1.82) is 0 Å². The first-order valence-corrected chi connectivity index (χ1v) is 5.19. The molecule has 78 valence electrons. The second-order valence-corrected chi connectivity index (χ2v) is 3.84. The monoisotopic (exact) mass is 224 g/mol. The Morgan fingerprint density at radius 2 is 2.27 bits per heavy atom. The molecular weight excluding hydrogens is 215 g/mol. The van der Waals surface area contributed by atoms with Crippen LogP contribution in [0.15, 0.2) is 23.6 Å². The zero-order valence-corrected chi connectivity index (χ0v) is 8.84. The van der Waals surface area contributed by atoms with Gasteiger partial charge in [0.25, 0.3) is 5.19 Å². The van der Waals surface area contributed by atoms with Crippen LogP contribution in [0.3, 0.4) is 0 Å². The van der Waals surface area contributed by atoms with Gasteiger partial charge in [0.15, 0.2) is 11.6 Å². The molecular formula is C10H9FN2OS. The van der Waals surface area contributed by atoms with Crippen molar-refractivity contribution in [2.45, 2.75) is 6.92 Å². The van der Waals surface area contributed by atoms with Crippen LogP contribution in [0, 0.1) is 12.7 Å². The number of benzene rings is 1. The highest BCUT2D eigenvalue weighted by Gasteiger charge is 2.10. The second kappa shape index (κ2) is 3.86. The van der Waals surface area contributed by atoms with Crippen LogP contribution in [0.4, 0.5) is 10.1 Å². The van der Waals surface area contributed by atoms with E-state index in [0.29, 0.717) is 5.19 Å². The van der Waals surface area contributed by atoms with E-state index in [-0.39, 0.29) is 11.4 Å². The van der Waals surface area contributed by atoms with Gasteiger partial charge in [0.1, 0.15) is 0 Å². The normalized spacial score (nSPS) is 10.3. The lowest BCUT2D eigenvalue weighted by Crippen LogP contribution is -1.94. The number of hydrogen-bond donors (Lipinski definition) is 1. The SMILES string of the molecule is Cc1csc(Oc2c(N)cccc2F)n1. The third-order valence-corrected chi connectivity index (χ3v) is 2.62. The maximum Gasteiger partial charge on any atom is 0.279 e. The molecule has 0 aliphatic rings. The molecule has 0 amide bonds. The predicted molar refractivity (Wildman–Crippen MR) is 57.7 cm³/mol. The van der Waals surface area contributed by atoms with Crippen molar-refractivity contribution < 1.29 is 9.13 Å². The molecule has 0 spiro atoms. The summed E-state index contributed by atoms with van der Waals surface area (Å²) in [7, 11) is 0. The molecule has 3 nitrogen and oxygen atoms in total. The zero-order valence-electron chi connectivity index (χ0n) is 8.03. The molecule has 2 rings (SSSR count). The highest BCUT2D eigenvalue weighted by Crippen LogP contribution is 2.31. The molecule has 0 saturated heterocycles. The standard InChI is InChI=1S/C10H9FN2OS/c1-6-5-15-10(13-6)14-9-7(11)3-2-4-8(9)12/h2-5H,12H2,1H3. The van der Waals surface area contributed by atoms with Crippen molar-refractivity contribution in [3.05, 3.63) is 35.1 Å². The summed E-state index contributed by atoms with van der Waals surface area (Å²) in [5.74, 6) is -0.449. The minimum Gasteiger partial charge on any atom is -0.426 e. The fraction of sp³-hybridized carbons (Fsp3) is 0.100. The van der Waals surface area contributed by atoms with Crippen LogP contribution in [0.5, 0.6) is 10.9 Å². The molecule has 1 aromatic heterocycles. The van der Waals surface area contributed by atoms with Crippen molar-refractivity contribution in [1.82, 2.24) is 4.98 Å². The zero-order chi connectivity index (χ0) is 10.8. The summed E-state index contributed by atoms with van der Waals surface area (Å²) in [4.78, 5) is 4.06. The van der Waals surface area contributed by atoms with E-state index in [4.69, 9.17) is 10.5 Å². The molecule has 0 atom stereocenters. The van der Waals surface area contributed by atoms with Crippen molar-refractivity contribution in [3.63, 3.8) is 0 Å². The van der Waals surface area contributed by atoms with Gasteiger partial charge in [-0.15, -0.1) is 0 Å². The molecule has 0 aliphatic carbocycles. The summed E-state index contributed by atoms with van der Waals surface area (Å²) in [6.07, 6.45) is 0. The number of aryl methyl sites for hydroxylation is 1. The molecule has 2 aromatic rings. The van der Waals surface area contributed by atoms with E-state index in [1.165, 1.54) is 23.5 Å². The smallest absolute Gasteiger partial charge is 0.279 e. The summed E-state index contributed by atoms with van der Waals surface area (Å²) in [5.41, 5.74) is 6.69. The van der Waals surface area contributed by atoms with Crippen LogP contribution in [0.25, 0.3) is 0 Å². The van der Waals surface area contributed by atoms with E-state index >= 15 is 0 Å². The van der Waals surface area contributed by atoms with Gasteiger partial charge in [0, 0.05) is 5.38 Å². The van der Waals surface area contributed by atoms with Crippen LogP contribution >= 0.6 is 11.3 Å². The lowest BCUT2D eigenvalue weighted by atomic mass is 10.3. The molecule has 2 N–H and O–H groups in total. The number of nitrogens with two attached hydrogens (primary N) is 1. The quantitative estimate of drug-likeness (QED) is 0.798. The summed E-state index contributed by atoms with van der Waals surface area (Å²) in [5, 5.41) is 2.22. The van der Waals surface area contributed by atoms with Crippen LogP contribution in [0.1, 0.15) is 5.69 Å². The van der Waals surface area contributed by atoms with Crippen molar-refractivity contribution in [3.8, 4) is 10.9 Å². The summed E-state index contributed by atoms with van der Waals surface area (Å²) in [6, 6.07) is 4.41. The maximum absolute atomic E-state index is 13.3. The number of rotatable bonds is 2. The van der Waals surface area contributed by atoms with E-state index < -0.39 is 5.82 Å². The number of hydrogen-bond acceptors (Lipinski definition) is 4. The van der Waals surface area contributed by atoms with E-state index in [9.17, 15) is 4.39 Å². The van der Waals surface area contributed by atoms with Gasteiger partial charge in [-0.25, -0.2) is 9.37 Å². The summed E-state index contributed by atoms with van der Waals surface area (Å²) in [6.45, 7) is 1.84. The minimum absolute atomic E-state index is 0.0341. The van der Waals surface area contributed by atoms with Gasteiger partial charge in [-0.2, -0.15) is 0 Å². The van der Waals surface area contributed by atoms with Gasteiger partial charge >= 0.3 is 0 Å². The Morgan fingerprint density at radius 3 is 2.87 bits per heavy atom. The number of nitrogens with zero attached hydrogens (tertiary/aromatic N) is 1. The molecule has 0 radical (unpaired) electrons. The van der Waals surface area contributed by atoms with Crippen LogP contribution in [-0.2, 0) is 0 Å². The average molecular weight is 224 g/mol. The molecule has 1 heterocycles. The van der Waals surface area contributed by atoms with Gasteiger partial charge < -0.3 is 10.5 Å². The Hall–Kier alpha value is -1.62. The van der Waals surface area contributed by atoms with Crippen LogP contribution in [-0.4, -0.2) is 4.98 Å². The molecule has 5 heteroatoms. The number of aromatic nitrogens is 1. The largest absolute Gasteiger partial charge is 0.426 e. The number of para-hydroxylation sites is 1. The summed E-state index contributed by atoms with van der Waals surface area (Å²) < 4.78 is 18.6. The molecule has 0 saturated carbocycles. The Labute approximate surface area is 90.3 Å². The van der Waals surface area contributed by atoms with E-state index in [1.807, 2.05) is 12.3 Å². The lowest BCUT2D eigenvalue weighted by Gasteiger charge is -2.05. The third-order valence-electron chi connectivity index (χ3n) is 1.78. The van der Waals surface area contributed by atoms with Crippen molar-refractivity contribution >= 4 is 17.0 Å². The van der Waals surface area contributed by atoms with E-state index in [2.05, 4.69) is 4.98 Å². The first-order chi connectivity index (χ1) is 7.16. The van der Waals surface area contributed by atoms with Crippen LogP contribution < -0.4 is 10.5 Å². The second-order valence-electron chi connectivity index (χ2n) is 3.02. The molecule has 0 unspecified atom stereocenters. The Bertz CT molecular complexity index is 464. The van der Waals surface area contributed by atoms with E-state index in [0.717, 1.165) is 5.69 Å². The minimum atomic E-state index is -0.483. The first-order valence-electron chi connectivity index (χ1n) is 4.31. The molecule has 0 fully saturated rings. The lowest BCUT2D eigenvalue weighted by molar-refractivity contribution is 0.441. The summed E-state index contributed by atoms with van der Waals surface area (Å²) >= 11 is 1.31. The number of halogens is 1. The molecule has 0 bridgehead atoms. The average Bonchev–Trinajstić information content (AvgIpc) is 2.58. The fourth-order valence-electron chi connectivity index (χ4n) is 1.10. The fourth-order valence-corrected chi connectivity index (χ4v) is 1.75. The Balaban J connectivity index is 2.31. The number of ether oxygens (including phenoxy) is 1. The topological polar surface area (TPSA) is 48.1 Å². The first kappa shape index (κ1) is 9.92. The third kappa shape index (κ3) is 2.07. The van der Waals surface area contributed by atoms with Gasteiger partial charge in [-0.1, -0.05) is 17.4 Å². The molecule has 15 heavy (non-hydrogen) atoms. The van der Waals surface area contributed by atoms with Gasteiger partial charge in [-0.3, -0.25) is 0 Å². The highest BCUT2D eigenvalue weighted by molar-refractivity contribution is 7.11.